The molecule has 0 atom stereocenters. The molecule has 1 saturated heterocycles. The summed E-state index contributed by atoms with van der Waals surface area (Å²) in [5.74, 6) is -0.363. The molecule has 0 unspecified atom stereocenters. The van der Waals surface area contributed by atoms with Crippen LogP contribution in [-0.2, 0) is 0 Å². The van der Waals surface area contributed by atoms with Crippen molar-refractivity contribution in [2.45, 2.75) is 38.5 Å². The van der Waals surface area contributed by atoms with Gasteiger partial charge in [-0.05, 0) is 43.9 Å². The summed E-state index contributed by atoms with van der Waals surface area (Å²) in [6.07, 6.45) is 5.73. The lowest BCUT2D eigenvalue weighted by atomic mass is 9.92. The van der Waals surface area contributed by atoms with Crippen LogP contribution < -0.4 is 4.90 Å². The smallest absolute Gasteiger partial charge is 0.261 e. The Labute approximate surface area is 159 Å². The van der Waals surface area contributed by atoms with Crippen LogP contribution in [0.4, 0.5) is 5.69 Å². The number of hydrogen-bond donors (Lipinski definition) is 1. The summed E-state index contributed by atoms with van der Waals surface area (Å²) in [6, 6.07) is 9.73. The van der Waals surface area contributed by atoms with Crippen LogP contribution in [0.15, 0.2) is 30.3 Å². The third-order valence-corrected chi connectivity index (χ3v) is 5.71. The Balaban J connectivity index is 1.66. The topological polar surface area (TPSA) is 60.9 Å². The summed E-state index contributed by atoms with van der Waals surface area (Å²) < 4.78 is 0. The normalized spacial score (nSPS) is 16.6. The fourth-order valence-electron chi connectivity index (χ4n) is 4.30. The minimum Gasteiger partial charge on any atom is -0.396 e. The van der Waals surface area contributed by atoms with E-state index in [9.17, 15) is 9.59 Å². The molecule has 2 aromatic rings. The van der Waals surface area contributed by atoms with Gasteiger partial charge in [0.05, 0.1) is 0 Å². The summed E-state index contributed by atoms with van der Waals surface area (Å²) in [7, 11) is 0. The molecule has 0 aliphatic carbocycles. The molecule has 2 heterocycles. The lowest BCUT2D eigenvalue weighted by Crippen LogP contribution is -2.41. The van der Waals surface area contributed by atoms with E-state index in [1.54, 1.807) is 0 Å². The number of aliphatic hydroxyl groups is 1. The molecule has 2 aliphatic rings. The summed E-state index contributed by atoms with van der Waals surface area (Å²) in [5, 5.41) is 10.7. The van der Waals surface area contributed by atoms with Gasteiger partial charge in [0.15, 0.2) is 0 Å². The summed E-state index contributed by atoms with van der Waals surface area (Å²) in [6.45, 7) is 2.68. The SMILES string of the molecule is O=C1c2cccc3c(N4CCCC4)ccc(c23)C(=O)N1CCCCCCO. The quantitative estimate of drug-likeness (QED) is 0.601. The maximum absolute atomic E-state index is 13.0. The third kappa shape index (κ3) is 3.21. The number of rotatable bonds is 7. The molecule has 5 heteroatoms. The lowest BCUT2D eigenvalue weighted by molar-refractivity contribution is 0.0607. The zero-order valence-electron chi connectivity index (χ0n) is 15.6. The number of unbranched alkanes of at least 4 members (excludes halogenated alkanes) is 3. The highest BCUT2D eigenvalue weighted by Gasteiger charge is 2.33. The van der Waals surface area contributed by atoms with Crippen molar-refractivity contribution in [1.82, 2.24) is 4.90 Å². The van der Waals surface area contributed by atoms with Crippen molar-refractivity contribution in [2.75, 3.05) is 31.1 Å². The Morgan fingerprint density at radius 2 is 1.56 bits per heavy atom. The Morgan fingerprint density at radius 1 is 0.852 bits per heavy atom. The molecule has 2 aliphatic heterocycles. The monoisotopic (exact) mass is 366 g/mol. The highest BCUT2D eigenvalue weighted by atomic mass is 16.3. The van der Waals surface area contributed by atoms with Crippen molar-refractivity contribution in [2.24, 2.45) is 0 Å². The number of benzene rings is 2. The van der Waals surface area contributed by atoms with E-state index in [2.05, 4.69) is 4.90 Å². The highest BCUT2D eigenvalue weighted by Crippen LogP contribution is 2.37. The molecule has 0 radical (unpaired) electrons. The van der Waals surface area contributed by atoms with E-state index in [4.69, 9.17) is 5.11 Å². The molecule has 27 heavy (non-hydrogen) atoms. The van der Waals surface area contributed by atoms with E-state index in [1.807, 2.05) is 30.3 Å². The molecule has 0 saturated carbocycles. The molecule has 4 rings (SSSR count). The molecule has 0 aromatic heterocycles. The van der Waals surface area contributed by atoms with E-state index in [-0.39, 0.29) is 18.4 Å². The highest BCUT2D eigenvalue weighted by molar-refractivity contribution is 6.26. The molecular formula is C22H26N2O3. The van der Waals surface area contributed by atoms with Crippen LogP contribution >= 0.6 is 0 Å². The molecule has 2 aromatic carbocycles. The fraction of sp³-hybridized carbons (Fsp3) is 0.455. The van der Waals surface area contributed by atoms with Gasteiger partial charge in [-0.15, -0.1) is 0 Å². The molecule has 5 nitrogen and oxygen atoms in total. The molecule has 1 fully saturated rings. The number of imide groups is 1. The first-order valence-electron chi connectivity index (χ1n) is 10.00. The van der Waals surface area contributed by atoms with Gasteiger partial charge >= 0.3 is 0 Å². The number of anilines is 1. The Morgan fingerprint density at radius 3 is 2.30 bits per heavy atom. The van der Waals surface area contributed by atoms with Crippen molar-refractivity contribution < 1.29 is 14.7 Å². The lowest BCUT2D eigenvalue weighted by Gasteiger charge is -2.29. The van der Waals surface area contributed by atoms with E-state index in [0.29, 0.717) is 17.7 Å². The molecule has 142 valence electrons. The first-order chi connectivity index (χ1) is 13.2. The van der Waals surface area contributed by atoms with Crippen LogP contribution in [0.3, 0.4) is 0 Å². The zero-order valence-corrected chi connectivity index (χ0v) is 15.6. The molecule has 0 spiro atoms. The number of hydrogen-bond acceptors (Lipinski definition) is 4. The zero-order chi connectivity index (χ0) is 18.8. The Kier molecular flexibility index (Phi) is 5.12. The van der Waals surface area contributed by atoms with E-state index in [1.165, 1.54) is 17.7 Å². The van der Waals surface area contributed by atoms with Crippen molar-refractivity contribution in [1.29, 1.82) is 0 Å². The number of nitrogens with zero attached hydrogens (tertiary/aromatic N) is 2. The maximum atomic E-state index is 13.0. The second-order valence-electron chi connectivity index (χ2n) is 7.45. The van der Waals surface area contributed by atoms with Crippen LogP contribution in [0.5, 0.6) is 0 Å². The Hall–Kier alpha value is -2.40. The van der Waals surface area contributed by atoms with Crippen LogP contribution in [-0.4, -0.2) is 48.1 Å². The fourth-order valence-corrected chi connectivity index (χ4v) is 4.30. The number of amides is 2. The summed E-state index contributed by atoms with van der Waals surface area (Å²) in [4.78, 5) is 29.8. The van der Waals surface area contributed by atoms with Crippen LogP contribution in [0.25, 0.3) is 10.8 Å². The van der Waals surface area contributed by atoms with E-state index < -0.39 is 0 Å². The molecule has 1 N–H and O–H groups in total. The molecular weight excluding hydrogens is 340 g/mol. The van der Waals surface area contributed by atoms with Crippen molar-refractivity contribution >= 4 is 28.3 Å². The summed E-state index contributed by atoms with van der Waals surface area (Å²) >= 11 is 0. The van der Waals surface area contributed by atoms with Crippen LogP contribution in [0.2, 0.25) is 0 Å². The number of aliphatic hydroxyl groups excluding tert-OH is 1. The van der Waals surface area contributed by atoms with Crippen LogP contribution in [0.1, 0.15) is 59.2 Å². The minimum atomic E-state index is -0.182. The van der Waals surface area contributed by atoms with Gasteiger partial charge in [-0.3, -0.25) is 14.5 Å². The number of carbonyl (C=O) groups excluding carboxylic acids is 2. The van der Waals surface area contributed by atoms with Gasteiger partial charge in [-0.25, -0.2) is 0 Å². The molecule has 2 amide bonds. The minimum absolute atomic E-state index is 0.182. The van der Waals surface area contributed by atoms with Gasteiger partial charge in [0.1, 0.15) is 0 Å². The van der Waals surface area contributed by atoms with Crippen LogP contribution in [0, 0.1) is 0 Å². The predicted octanol–water partition coefficient (Wildman–Crippen LogP) is 3.59. The van der Waals surface area contributed by atoms with Crippen molar-refractivity contribution in [3.63, 3.8) is 0 Å². The largest absolute Gasteiger partial charge is 0.396 e. The summed E-state index contributed by atoms with van der Waals surface area (Å²) in [5.41, 5.74) is 2.41. The van der Waals surface area contributed by atoms with Gasteiger partial charge in [-0.1, -0.05) is 25.0 Å². The van der Waals surface area contributed by atoms with Gasteiger partial charge in [0, 0.05) is 53.8 Å². The average molecular weight is 366 g/mol. The van der Waals surface area contributed by atoms with Gasteiger partial charge in [-0.2, -0.15) is 0 Å². The van der Waals surface area contributed by atoms with Gasteiger partial charge in [0.2, 0.25) is 0 Å². The second kappa shape index (κ2) is 7.69. The van der Waals surface area contributed by atoms with E-state index in [0.717, 1.165) is 55.2 Å². The van der Waals surface area contributed by atoms with Crippen molar-refractivity contribution in [3.05, 3.63) is 41.5 Å². The van der Waals surface area contributed by atoms with E-state index >= 15 is 0 Å². The first kappa shape index (κ1) is 18.0. The van der Waals surface area contributed by atoms with Gasteiger partial charge < -0.3 is 10.0 Å². The predicted molar refractivity (Wildman–Crippen MR) is 106 cm³/mol. The molecule has 0 bridgehead atoms. The second-order valence-corrected chi connectivity index (χ2v) is 7.45. The third-order valence-electron chi connectivity index (χ3n) is 5.71. The first-order valence-corrected chi connectivity index (χ1v) is 10.00. The number of carbonyl (C=O) groups is 2. The standard InChI is InChI=1S/C22H26N2O3/c25-15-6-2-1-3-14-24-21(26)17-9-7-8-16-19(23-12-4-5-13-23)11-10-18(20(16)17)22(24)27/h7-11,25H,1-6,12-15H2. The van der Waals surface area contributed by atoms with Gasteiger partial charge in [0.25, 0.3) is 11.8 Å². The van der Waals surface area contributed by atoms with Crippen molar-refractivity contribution in [3.8, 4) is 0 Å². The average Bonchev–Trinajstić information content (AvgIpc) is 3.22. The maximum Gasteiger partial charge on any atom is 0.261 e. The Bertz CT molecular complexity index is 849.